The zero-order chi connectivity index (χ0) is 24.2. The number of halogens is 1. The number of hydrogen-bond acceptors (Lipinski definition) is 4. The Morgan fingerprint density at radius 3 is 2.55 bits per heavy atom. The molecular weight excluding hydrogens is 458 g/mol. The van der Waals surface area contributed by atoms with Gasteiger partial charge in [0.05, 0.1) is 28.8 Å². The fraction of sp³-hybridized carbons (Fsp3) is 0.462. The molecule has 3 rings (SSSR count). The first kappa shape index (κ1) is 25.5. The molecule has 0 aromatic heterocycles. The van der Waals surface area contributed by atoms with Crippen molar-refractivity contribution in [3.63, 3.8) is 0 Å². The highest BCUT2D eigenvalue weighted by Gasteiger charge is 2.30. The number of carboxylic acids is 1. The van der Waals surface area contributed by atoms with E-state index in [1.807, 2.05) is 26.0 Å². The number of benzene rings is 2. The van der Waals surface area contributed by atoms with Crippen molar-refractivity contribution in [3.8, 4) is 5.75 Å². The fourth-order valence-corrected chi connectivity index (χ4v) is 4.62. The maximum Gasteiger partial charge on any atom is 0.313 e. The highest BCUT2D eigenvalue weighted by Crippen LogP contribution is 2.32. The first-order valence-corrected chi connectivity index (χ1v) is 12.1. The van der Waals surface area contributed by atoms with Gasteiger partial charge in [0.1, 0.15) is 10.7 Å². The van der Waals surface area contributed by atoms with E-state index >= 15 is 0 Å². The zero-order valence-corrected chi connectivity index (χ0v) is 21.2. The Balaban J connectivity index is 1.72. The summed E-state index contributed by atoms with van der Waals surface area (Å²) in [5.41, 5.74) is 3.08. The van der Waals surface area contributed by atoms with Crippen molar-refractivity contribution in [3.05, 3.63) is 57.6 Å². The van der Waals surface area contributed by atoms with Crippen LogP contribution in [0.1, 0.15) is 61.8 Å². The molecule has 33 heavy (non-hydrogen) atoms. The maximum atomic E-state index is 11.6. The topological polar surface area (TPSA) is 67.8 Å². The van der Waals surface area contributed by atoms with Crippen molar-refractivity contribution < 1.29 is 19.4 Å². The molecule has 1 aliphatic rings. The highest BCUT2D eigenvalue weighted by molar-refractivity contribution is 7.81. The van der Waals surface area contributed by atoms with Crippen molar-refractivity contribution in [2.75, 3.05) is 18.5 Å². The standard InChI is InChI=1S/C26H32ClNO4S/c1-16-13-20(32-12-10-19-7-5-6-11-31-19)14-17(2)23(16)24(33)28-22-15-18(8-9-21(22)27)26(3,4)25(29)30/h8-9,13-15,19H,5-7,10-12H2,1-4H3,(H,28,33)(H,29,30)/t19-/m0/s1. The van der Waals surface area contributed by atoms with E-state index < -0.39 is 11.4 Å². The molecule has 178 valence electrons. The van der Waals surface area contributed by atoms with Gasteiger partial charge in [-0.1, -0.05) is 29.9 Å². The molecule has 0 aliphatic carbocycles. The van der Waals surface area contributed by atoms with E-state index in [0.29, 0.717) is 34.0 Å². The molecule has 1 saturated heterocycles. The predicted octanol–water partition coefficient (Wildman–Crippen LogP) is 6.44. The number of aliphatic carboxylic acids is 1. The molecule has 5 nitrogen and oxygen atoms in total. The molecule has 0 spiro atoms. The third kappa shape index (κ3) is 6.25. The van der Waals surface area contributed by atoms with E-state index in [1.165, 1.54) is 6.42 Å². The number of carboxylic acid groups (broad SMARTS) is 1. The van der Waals surface area contributed by atoms with Crippen LogP contribution in [0.5, 0.6) is 5.75 Å². The molecule has 7 heteroatoms. The number of thiocarbonyl (C=S) groups is 1. The molecule has 1 aliphatic heterocycles. The average molecular weight is 490 g/mol. The van der Waals surface area contributed by atoms with E-state index in [0.717, 1.165) is 48.3 Å². The summed E-state index contributed by atoms with van der Waals surface area (Å²) in [5, 5.41) is 13.2. The summed E-state index contributed by atoms with van der Waals surface area (Å²) in [4.78, 5) is 12.2. The molecular formula is C26H32ClNO4S. The molecule has 2 aromatic carbocycles. The normalized spacial score (nSPS) is 16.3. The van der Waals surface area contributed by atoms with Crippen LogP contribution in [-0.2, 0) is 14.9 Å². The molecule has 0 radical (unpaired) electrons. The Labute approximate surface area is 206 Å². The third-order valence-corrected chi connectivity index (χ3v) is 6.82. The number of nitrogens with one attached hydrogen (secondary N) is 1. The summed E-state index contributed by atoms with van der Waals surface area (Å²) in [7, 11) is 0. The number of ether oxygens (including phenoxy) is 2. The van der Waals surface area contributed by atoms with Crippen LogP contribution in [-0.4, -0.2) is 35.4 Å². The summed E-state index contributed by atoms with van der Waals surface area (Å²) < 4.78 is 11.8. The lowest BCUT2D eigenvalue weighted by Gasteiger charge is -2.23. The second-order valence-electron chi connectivity index (χ2n) is 9.14. The first-order valence-electron chi connectivity index (χ1n) is 11.3. The van der Waals surface area contributed by atoms with Gasteiger partial charge in [0, 0.05) is 18.6 Å². The third-order valence-electron chi connectivity index (χ3n) is 6.19. The van der Waals surface area contributed by atoms with Gasteiger partial charge in [-0.15, -0.1) is 0 Å². The van der Waals surface area contributed by atoms with Gasteiger partial charge in [0.15, 0.2) is 0 Å². The predicted molar refractivity (Wildman–Crippen MR) is 137 cm³/mol. The summed E-state index contributed by atoms with van der Waals surface area (Å²) in [6.45, 7) is 8.79. The number of aryl methyl sites for hydroxylation is 2. The molecule has 1 atom stereocenters. The van der Waals surface area contributed by atoms with Gasteiger partial charge in [-0.3, -0.25) is 4.79 Å². The Morgan fingerprint density at radius 1 is 1.24 bits per heavy atom. The van der Waals surface area contributed by atoms with Crippen LogP contribution in [0.2, 0.25) is 5.02 Å². The van der Waals surface area contributed by atoms with Gasteiger partial charge in [-0.05, 0) is 87.9 Å². The van der Waals surface area contributed by atoms with Gasteiger partial charge >= 0.3 is 5.97 Å². The smallest absolute Gasteiger partial charge is 0.313 e. The summed E-state index contributed by atoms with van der Waals surface area (Å²) in [6, 6.07) is 9.15. The van der Waals surface area contributed by atoms with Crippen LogP contribution in [0, 0.1) is 13.8 Å². The lowest BCUT2D eigenvalue weighted by molar-refractivity contribution is -0.142. The van der Waals surface area contributed by atoms with Crippen molar-refractivity contribution in [2.24, 2.45) is 0 Å². The maximum absolute atomic E-state index is 11.6. The minimum absolute atomic E-state index is 0.295. The van der Waals surface area contributed by atoms with Crippen LogP contribution >= 0.6 is 23.8 Å². The minimum atomic E-state index is -1.05. The number of carbonyl (C=O) groups is 1. The fourth-order valence-electron chi connectivity index (χ4n) is 4.03. The van der Waals surface area contributed by atoms with Crippen molar-refractivity contribution in [1.29, 1.82) is 0 Å². The molecule has 0 saturated carbocycles. The van der Waals surface area contributed by atoms with E-state index in [-0.39, 0.29) is 0 Å². The van der Waals surface area contributed by atoms with Crippen LogP contribution < -0.4 is 10.1 Å². The van der Waals surface area contributed by atoms with Crippen molar-refractivity contribution in [1.82, 2.24) is 0 Å². The van der Waals surface area contributed by atoms with Gasteiger partial charge in [-0.2, -0.15) is 0 Å². The lowest BCUT2D eigenvalue weighted by atomic mass is 9.84. The molecule has 1 heterocycles. The Bertz CT molecular complexity index is 1010. The van der Waals surface area contributed by atoms with Crippen LogP contribution in [0.15, 0.2) is 30.3 Å². The minimum Gasteiger partial charge on any atom is -0.493 e. The van der Waals surface area contributed by atoms with Crippen LogP contribution in [0.4, 0.5) is 5.69 Å². The molecule has 1 fully saturated rings. The Hall–Kier alpha value is -2.15. The van der Waals surface area contributed by atoms with Gasteiger partial charge in [-0.25, -0.2) is 0 Å². The van der Waals surface area contributed by atoms with Gasteiger partial charge in [0.2, 0.25) is 0 Å². The Morgan fingerprint density at radius 2 is 1.94 bits per heavy atom. The summed E-state index contributed by atoms with van der Waals surface area (Å²) in [6.07, 6.45) is 4.67. The van der Waals surface area contributed by atoms with Crippen molar-refractivity contribution in [2.45, 2.75) is 64.9 Å². The molecule has 0 unspecified atom stereocenters. The number of anilines is 1. The SMILES string of the molecule is Cc1cc(OCC[C@@H]2CCCCO2)cc(C)c1C(=S)Nc1cc(C(C)(C)C(=O)O)ccc1Cl. The summed E-state index contributed by atoms with van der Waals surface area (Å²) in [5.74, 6) is -0.0914. The quantitative estimate of drug-likeness (QED) is 0.415. The lowest BCUT2D eigenvalue weighted by Crippen LogP contribution is -2.28. The van der Waals surface area contributed by atoms with Crippen molar-refractivity contribution >= 4 is 40.5 Å². The molecule has 2 N–H and O–H groups in total. The Kier molecular flexibility index (Phi) is 8.38. The van der Waals surface area contributed by atoms with E-state index in [4.69, 9.17) is 33.3 Å². The summed E-state index contributed by atoms with van der Waals surface area (Å²) >= 11 is 12.1. The largest absolute Gasteiger partial charge is 0.493 e. The molecule has 0 bridgehead atoms. The van der Waals surface area contributed by atoms with E-state index in [1.54, 1.807) is 32.0 Å². The van der Waals surface area contributed by atoms with Gasteiger partial charge in [0.25, 0.3) is 0 Å². The monoisotopic (exact) mass is 489 g/mol. The van der Waals surface area contributed by atoms with E-state index in [2.05, 4.69) is 5.32 Å². The van der Waals surface area contributed by atoms with Gasteiger partial charge < -0.3 is 19.9 Å². The zero-order valence-electron chi connectivity index (χ0n) is 19.7. The average Bonchev–Trinajstić information content (AvgIpc) is 2.75. The molecule has 2 aromatic rings. The highest BCUT2D eigenvalue weighted by atomic mass is 35.5. The second kappa shape index (κ2) is 10.9. The van der Waals surface area contributed by atoms with Crippen LogP contribution in [0.3, 0.4) is 0 Å². The molecule has 0 amide bonds. The first-order chi connectivity index (χ1) is 15.6. The van der Waals surface area contributed by atoms with E-state index in [9.17, 15) is 9.90 Å². The second-order valence-corrected chi connectivity index (χ2v) is 9.95. The number of rotatable bonds is 8. The number of hydrogen-bond donors (Lipinski definition) is 2. The van der Waals surface area contributed by atoms with Crippen LogP contribution in [0.25, 0.3) is 0 Å².